The first-order valence-electron chi connectivity index (χ1n) is 8.30. The standard InChI is InChI=1S/C19H15N5S2/c1-11-6-7-14(25-11)16-17(18-20-8-9-21-18)26-19(22-16)15-12(2)23-24-10-4-3-5-13(15)24/h3-8,10H,9H2,1-2H3. The molecule has 0 aliphatic carbocycles. The molecule has 0 amide bonds. The fraction of sp³-hybridized carbons (Fsp3) is 0.158. The van der Waals surface area contributed by atoms with Gasteiger partial charge in [0.25, 0.3) is 0 Å². The Morgan fingerprint density at radius 2 is 2.00 bits per heavy atom. The molecule has 5 heterocycles. The quantitative estimate of drug-likeness (QED) is 0.522. The van der Waals surface area contributed by atoms with Crippen LogP contribution < -0.4 is 0 Å². The summed E-state index contributed by atoms with van der Waals surface area (Å²) < 4.78 is 1.91. The van der Waals surface area contributed by atoms with Crippen molar-refractivity contribution in [1.29, 1.82) is 0 Å². The molecular formula is C19H15N5S2. The van der Waals surface area contributed by atoms with Gasteiger partial charge in [0.1, 0.15) is 15.6 Å². The smallest absolute Gasteiger partial charge is 0.167 e. The van der Waals surface area contributed by atoms with Gasteiger partial charge in [-0.1, -0.05) is 6.07 Å². The third kappa shape index (κ3) is 2.43. The molecule has 5 nitrogen and oxygen atoms in total. The second-order valence-corrected chi connectivity index (χ2v) is 8.36. The van der Waals surface area contributed by atoms with Crippen molar-refractivity contribution in [2.24, 2.45) is 9.98 Å². The molecule has 26 heavy (non-hydrogen) atoms. The number of aryl methyl sites for hydroxylation is 2. The number of amidine groups is 1. The molecule has 0 atom stereocenters. The van der Waals surface area contributed by atoms with Crippen LogP contribution in [-0.2, 0) is 0 Å². The van der Waals surface area contributed by atoms with Crippen LogP contribution in [0.4, 0.5) is 0 Å². The number of thiazole rings is 1. The average molecular weight is 377 g/mol. The normalized spacial score (nSPS) is 13.7. The Kier molecular flexibility index (Phi) is 3.58. The van der Waals surface area contributed by atoms with E-state index in [1.165, 1.54) is 4.88 Å². The molecule has 0 spiro atoms. The topological polar surface area (TPSA) is 54.9 Å². The van der Waals surface area contributed by atoms with Gasteiger partial charge in [0.05, 0.1) is 28.2 Å². The third-order valence-corrected chi connectivity index (χ3v) is 6.35. The van der Waals surface area contributed by atoms with Gasteiger partial charge in [-0.25, -0.2) is 14.5 Å². The highest BCUT2D eigenvalue weighted by molar-refractivity contribution is 7.19. The number of aliphatic imine (C=N–C) groups is 2. The van der Waals surface area contributed by atoms with E-state index in [-0.39, 0.29) is 0 Å². The van der Waals surface area contributed by atoms with E-state index in [9.17, 15) is 0 Å². The van der Waals surface area contributed by atoms with Crippen molar-refractivity contribution in [2.75, 3.05) is 6.54 Å². The number of hydrogen-bond acceptors (Lipinski definition) is 6. The van der Waals surface area contributed by atoms with Crippen LogP contribution in [0, 0.1) is 13.8 Å². The molecule has 0 saturated carbocycles. The molecule has 4 aromatic rings. The van der Waals surface area contributed by atoms with Crippen LogP contribution in [0.1, 0.15) is 15.4 Å². The van der Waals surface area contributed by atoms with Gasteiger partial charge in [-0.2, -0.15) is 5.10 Å². The van der Waals surface area contributed by atoms with Crippen LogP contribution in [0.5, 0.6) is 0 Å². The van der Waals surface area contributed by atoms with Crippen molar-refractivity contribution < 1.29 is 0 Å². The summed E-state index contributed by atoms with van der Waals surface area (Å²) in [6, 6.07) is 10.4. The minimum absolute atomic E-state index is 0.640. The first-order chi connectivity index (χ1) is 12.7. The zero-order valence-electron chi connectivity index (χ0n) is 14.3. The third-order valence-electron chi connectivity index (χ3n) is 4.27. The van der Waals surface area contributed by atoms with Crippen molar-refractivity contribution in [3.8, 4) is 21.1 Å². The zero-order valence-corrected chi connectivity index (χ0v) is 15.9. The first-order valence-corrected chi connectivity index (χ1v) is 9.93. The van der Waals surface area contributed by atoms with Crippen LogP contribution in [-0.4, -0.2) is 33.2 Å². The summed E-state index contributed by atoms with van der Waals surface area (Å²) in [5, 5.41) is 5.59. The average Bonchev–Trinajstić information content (AvgIpc) is 3.39. The largest absolute Gasteiger partial charge is 0.260 e. The fourth-order valence-electron chi connectivity index (χ4n) is 3.11. The van der Waals surface area contributed by atoms with E-state index < -0.39 is 0 Å². The van der Waals surface area contributed by atoms with E-state index >= 15 is 0 Å². The van der Waals surface area contributed by atoms with E-state index in [2.05, 4.69) is 40.2 Å². The van der Waals surface area contributed by atoms with E-state index in [0.29, 0.717) is 6.54 Å². The van der Waals surface area contributed by atoms with Crippen LogP contribution in [0.3, 0.4) is 0 Å². The summed E-state index contributed by atoms with van der Waals surface area (Å²) in [4.78, 5) is 17.4. The van der Waals surface area contributed by atoms with Crippen molar-refractivity contribution in [2.45, 2.75) is 13.8 Å². The maximum absolute atomic E-state index is 5.01. The Morgan fingerprint density at radius 1 is 1.08 bits per heavy atom. The highest BCUT2D eigenvalue weighted by Gasteiger charge is 2.23. The number of fused-ring (bicyclic) bond motifs is 1. The van der Waals surface area contributed by atoms with Crippen LogP contribution in [0.25, 0.3) is 26.7 Å². The van der Waals surface area contributed by atoms with Gasteiger partial charge in [0, 0.05) is 17.3 Å². The Bertz CT molecular complexity index is 1190. The molecule has 0 saturated heterocycles. The Labute approximate surface area is 158 Å². The fourth-order valence-corrected chi connectivity index (χ4v) is 5.19. The Balaban J connectivity index is 1.75. The van der Waals surface area contributed by atoms with E-state index in [1.54, 1.807) is 22.7 Å². The molecule has 0 bridgehead atoms. The number of thiophene rings is 1. The summed E-state index contributed by atoms with van der Waals surface area (Å²) in [7, 11) is 0. The lowest BCUT2D eigenvalue weighted by atomic mass is 10.2. The van der Waals surface area contributed by atoms with Gasteiger partial charge in [-0.3, -0.25) is 4.99 Å². The van der Waals surface area contributed by atoms with Crippen LogP contribution in [0.15, 0.2) is 46.5 Å². The van der Waals surface area contributed by atoms with E-state index in [1.807, 2.05) is 36.0 Å². The summed E-state index contributed by atoms with van der Waals surface area (Å²) >= 11 is 3.39. The molecule has 1 aliphatic heterocycles. The lowest BCUT2D eigenvalue weighted by molar-refractivity contribution is 0.934. The van der Waals surface area contributed by atoms with E-state index in [4.69, 9.17) is 4.98 Å². The highest BCUT2D eigenvalue weighted by atomic mass is 32.1. The Morgan fingerprint density at radius 3 is 2.77 bits per heavy atom. The highest BCUT2D eigenvalue weighted by Crippen LogP contribution is 2.39. The molecule has 0 unspecified atom stereocenters. The van der Waals surface area contributed by atoms with Crippen molar-refractivity contribution in [3.63, 3.8) is 0 Å². The molecule has 0 fully saturated rings. The molecule has 0 N–H and O–H groups in total. The zero-order chi connectivity index (χ0) is 17.7. The summed E-state index contributed by atoms with van der Waals surface area (Å²) in [5.74, 6) is 0.781. The predicted octanol–water partition coefficient (Wildman–Crippen LogP) is 4.63. The lowest BCUT2D eigenvalue weighted by Gasteiger charge is -1.96. The molecule has 0 radical (unpaired) electrons. The number of hydrogen-bond donors (Lipinski definition) is 0. The van der Waals surface area contributed by atoms with Crippen molar-refractivity contribution >= 4 is 40.2 Å². The molecule has 1 aliphatic rings. The van der Waals surface area contributed by atoms with Gasteiger partial charge in [-0.05, 0) is 38.1 Å². The van der Waals surface area contributed by atoms with E-state index in [0.717, 1.165) is 43.1 Å². The minimum Gasteiger partial charge on any atom is -0.260 e. The maximum atomic E-state index is 5.01. The maximum Gasteiger partial charge on any atom is 0.167 e. The minimum atomic E-state index is 0.640. The van der Waals surface area contributed by atoms with Gasteiger partial charge in [-0.15, -0.1) is 22.7 Å². The molecule has 5 rings (SSSR count). The van der Waals surface area contributed by atoms with Gasteiger partial charge < -0.3 is 0 Å². The molecule has 128 valence electrons. The van der Waals surface area contributed by atoms with Crippen LogP contribution >= 0.6 is 22.7 Å². The number of aromatic nitrogens is 3. The van der Waals surface area contributed by atoms with Gasteiger partial charge in [0.2, 0.25) is 0 Å². The SMILES string of the molecule is Cc1ccc(-c2nc(-c3c(C)nn4ccccc34)sc2C2=NCC=N2)s1. The van der Waals surface area contributed by atoms with Crippen molar-refractivity contribution in [1.82, 2.24) is 14.6 Å². The van der Waals surface area contributed by atoms with Gasteiger partial charge >= 0.3 is 0 Å². The molecular weight excluding hydrogens is 362 g/mol. The molecule has 4 aromatic heterocycles. The summed E-state index contributed by atoms with van der Waals surface area (Å²) in [6.07, 6.45) is 3.81. The number of pyridine rings is 1. The molecule has 0 aromatic carbocycles. The molecule has 7 heteroatoms. The second-order valence-electron chi connectivity index (χ2n) is 6.07. The predicted molar refractivity (Wildman–Crippen MR) is 109 cm³/mol. The summed E-state index contributed by atoms with van der Waals surface area (Å²) in [6.45, 7) is 4.78. The lowest BCUT2D eigenvalue weighted by Crippen LogP contribution is -1.92. The van der Waals surface area contributed by atoms with Gasteiger partial charge in [0.15, 0.2) is 5.84 Å². The number of rotatable bonds is 3. The summed E-state index contributed by atoms with van der Waals surface area (Å²) in [5.41, 5.74) is 4.09. The monoisotopic (exact) mass is 377 g/mol. The second kappa shape index (κ2) is 5.96. The van der Waals surface area contributed by atoms with Crippen molar-refractivity contribution in [3.05, 3.63) is 52.0 Å². The van der Waals surface area contributed by atoms with Crippen LogP contribution in [0.2, 0.25) is 0 Å². The number of nitrogens with zero attached hydrogens (tertiary/aromatic N) is 5. The Hall–Kier alpha value is -2.64. The first kappa shape index (κ1) is 15.6.